The van der Waals surface area contributed by atoms with Crippen LogP contribution < -0.4 is 10.5 Å². The lowest BCUT2D eigenvalue weighted by atomic mass is 10.1. The van der Waals surface area contributed by atoms with Crippen LogP contribution in [0.25, 0.3) is 22.6 Å². The van der Waals surface area contributed by atoms with Crippen molar-refractivity contribution in [3.05, 3.63) is 67.8 Å². The summed E-state index contributed by atoms with van der Waals surface area (Å²) in [6.07, 6.45) is 1.72. The number of para-hydroxylation sites is 1. The smallest absolute Gasteiger partial charge is 0.261 e. The van der Waals surface area contributed by atoms with E-state index in [-0.39, 0.29) is 11.5 Å². The minimum atomic E-state index is -0.119. The molecule has 1 amide bonds. The van der Waals surface area contributed by atoms with Gasteiger partial charge in [0.1, 0.15) is 5.82 Å². The first kappa shape index (κ1) is 17.0. The van der Waals surface area contributed by atoms with Crippen LogP contribution >= 0.6 is 22.6 Å². The van der Waals surface area contributed by atoms with Gasteiger partial charge in [0.25, 0.3) is 11.5 Å². The van der Waals surface area contributed by atoms with Crippen molar-refractivity contribution in [2.75, 3.05) is 11.4 Å². The molecule has 0 saturated carbocycles. The molecule has 0 atom stereocenters. The lowest BCUT2D eigenvalue weighted by Crippen LogP contribution is -2.26. The third-order valence-electron chi connectivity index (χ3n) is 4.62. The number of anilines is 1. The molecule has 6 heteroatoms. The van der Waals surface area contributed by atoms with Gasteiger partial charge >= 0.3 is 0 Å². The van der Waals surface area contributed by atoms with Crippen LogP contribution in [0.2, 0.25) is 0 Å². The van der Waals surface area contributed by atoms with E-state index in [2.05, 4.69) is 27.6 Å². The number of rotatable bonds is 2. The van der Waals surface area contributed by atoms with E-state index in [1.165, 1.54) is 4.57 Å². The second-order valence-corrected chi connectivity index (χ2v) is 7.37. The van der Waals surface area contributed by atoms with E-state index in [1.807, 2.05) is 49.4 Å². The van der Waals surface area contributed by atoms with Gasteiger partial charge in [0.15, 0.2) is 0 Å². The van der Waals surface area contributed by atoms with Crippen molar-refractivity contribution in [3.8, 4) is 0 Å². The SMILES string of the molecule is CCN1C(=O)/C(=C\c2nc3ccc(I)cc3c(=O)n2C)c2ccccc21. The Kier molecular flexibility index (Phi) is 4.14. The molecule has 2 aromatic carbocycles. The predicted molar refractivity (Wildman–Crippen MR) is 112 cm³/mol. The topological polar surface area (TPSA) is 55.2 Å². The Hall–Kier alpha value is -2.48. The molecule has 5 nitrogen and oxygen atoms in total. The second kappa shape index (κ2) is 6.35. The van der Waals surface area contributed by atoms with E-state index >= 15 is 0 Å². The normalized spacial score (nSPS) is 15.1. The first-order chi connectivity index (χ1) is 12.5. The van der Waals surface area contributed by atoms with Crippen molar-refractivity contribution in [1.29, 1.82) is 0 Å². The Labute approximate surface area is 164 Å². The molecule has 130 valence electrons. The summed E-state index contributed by atoms with van der Waals surface area (Å²) in [6, 6.07) is 13.3. The second-order valence-electron chi connectivity index (χ2n) is 6.12. The molecule has 1 aromatic heterocycles. The van der Waals surface area contributed by atoms with Gasteiger partial charge in [0, 0.05) is 22.7 Å². The lowest BCUT2D eigenvalue weighted by molar-refractivity contribution is -0.112. The van der Waals surface area contributed by atoms with E-state index in [0.29, 0.717) is 28.8 Å². The van der Waals surface area contributed by atoms with Gasteiger partial charge in [-0.05, 0) is 59.9 Å². The number of benzene rings is 2. The van der Waals surface area contributed by atoms with Gasteiger partial charge in [-0.1, -0.05) is 18.2 Å². The number of nitrogens with zero attached hydrogens (tertiary/aromatic N) is 3. The van der Waals surface area contributed by atoms with Gasteiger partial charge in [-0.3, -0.25) is 14.2 Å². The van der Waals surface area contributed by atoms with Crippen molar-refractivity contribution in [2.45, 2.75) is 6.92 Å². The average molecular weight is 457 g/mol. The molecule has 0 fully saturated rings. The zero-order chi connectivity index (χ0) is 18.4. The molecule has 2 heterocycles. The van der Waals surface area contributed by atoms with Crippen molar-refractivity contribution >= 4 is 56.7 Å². The molecule has 1 aliphatic heterocycles. The van der Waals surface area contributed by atoms with E-state index in [4.69, 9.17) is 0 Å². The molecular formula is C20H16IN3O2. The van der Waals surface area contributed by atoms with Crippen molar-refractivity contribution in [2.24, 2.45) is 7.05 Å². The molecule has 0 N–H and O–H groups in total. The number of likely N-dealkylation sites (N-methyl/N-ethyl adjacent to an activating group) is 1. The maximum Gasteiger partial charge on any atom is 0.261 e. The molecule has 0 unspecified atom stereocenters. The minimum Gasteiger partial charge on any atom is -0.308 e. The molecule has 0 spiro atoms. The first-order valence-corrected chi connectivity index (χ1v) is 9.38. The number of hydrogen-bond donors (Lipinski definition) is 0. The summed E-state index contributed by atoms with van der Waals surface area (Å²) < 4.78 is 2.48. The fourth-order valence-corrected chi connectivity index (χ4v) is 3.77. The van der Waals surface area contributed by atoms with Gasteiger partial charge in [-0.15, -0.1) is 0 Å². The quantitative estimate of drug-likeness (QED) is 0.438. The van der Waals surface area contributed by atoms with Crippen LogP contribution in [0.3, 0.4) is 0 Å². The van der Waals surface area contributed by atoms with Gasteiger partial charge in [0.05, 0.1) is 22.2 Å². The maximum absolute atomic E-state index is 12.8. The van der Waals surface area contributed by atoms with E-state index in [0.717, 1.165) is 14.8 Å². The summed E-state index contributed by atoms with van der Waals surface area (Å²) in [5.41, 5.74) is 2.84. The monoisotopic (exact) mass is 457 g/mol. The molecule has 1 aliphatic rings. The zero-order valence-electron chi connectivity index (χ0n) is 14.4. The highest BCUT2D eigenvalue weighted by molar-refractivity contribution is 14.1. The average Bonchev–Trinajstić information content (AvgIpc) is 2.91. The summed E-state index contributed by atoms with van der Waals surface area (Å²) in [7, 11) is 1.68. The number of amides is 1. The van der Waals surface area contributed by atoms with Crippen LogP contribution in [-0.2, 0) is 11.8 Å². The molecule has 0 saturated heterocycles. The summed E-state index contributed by atoms with van der Waals surface area (Å²) in [5, 5.41) is 0.579. The van der Waals surface area contributed by atoms with Crippen LogP contribution in [0, 0.1) is 3.57 Å². The van der Waals surface area contributed by atoms with E-state index in [1.54, 1.807) is 18.0 Å². The number of aromatic nitrogens is 2. The predicted octanol–water partition coefficient (Wildman–Crippen LogP) is 3.45. The maximum atomic E-state index is 12.8. The van der Waals surface area contributed by atoms with Crippen LogP contribution in [-0.4, -0.2) is 22.0 Å². The lowest BCUT2D eigenvalue weighted by Gasteiger charge is -2.13. The van der Waals surface area contributed by atoms with Crippen molar-refractivity contribution in [3.63, 3.8) is 0 Å². The number of carbonyl (C=O) groups is 1. The fourth-order valence-electron chi connectivity index (χ4n) is 3.28. The van der Waals surface area contributed by atoms with Gasteiger partial charge in [-0.25, -0.2) is 4.98 Å². The van der Waals surface area contributed by atoms with Gasteiger partial charge in [0.2, 0.25) is 0 Å². The first-order valence-electron chi connectivity index (χ1n) is 8.30. The van der Waals surface area contributed by atoms with Crippen LogP contribution in [0.1, 0.15) is 18.3 Å². The van der Waals surface area contributed by atoms with Crippen LogP contribution in [0.4, 0.5) is 5.69 Å². The Balaban J connectivity index is 1.95. The number of fused-ring (bicyclic) bond motifs is 2. The standard InChI is InChI=1S/C20H16IN3O2/c1-3-24-17-7-5-4-6-13(17)14(20(24)26)11-18-22-16-9-8-12(21)10-15(16)19(25)23(18)2/h4-11H,3H2,1-2H3/b14-11-. The van der Waals surface area contributed by atoms with Gasteiger partial charge < -0.3 is 4.90 Å². The molecule has 0 bridgehead atoms. The summed E-state index contributed by atoms with van der Waals surface area (Å²) in [4.78, 5) is 31.9. The highest BCUT2D eigenvalue weighted by Gasteiger charge is 2.31. The Bertz CT molecular complexity index is 1150. The largest absolute Gasteiger partial charge is 0.308 e. The highest BCUT2D eigenvalue weighted by Crippen LogP contribution is 2.37. The van der Waals surface area contributed by atoms with Crippen LogP contribution in [0.15, 0.2) is 47.3 Å². The third-order valence-corrected chi connectivity index (χ3v) is 5.29. The zero-order valence-corrected chi connectivity index (χ0v) is 16.5. The Morgan fingerprint density at radius 1 is 1.15 bits per heavy atom. The molecular weight excluding hydrogens is 441 g/mol. The molecule has 0 aliphatic carbocycles. The summed E-state index contributed by atoms with van der Waals surface area (Å²) in [6.45, 7) is 2.54. The Morgan fingerprint density at radius 3 is 2.69 bits per heavy atom. The number of hydrogen-bond acceptors (Lipinski definition) is 3. The van der Waals surface area contributed by atoms with Crippen LogP contribution in [0.5, 0.6) is 0 Å². The van der Waals surface area contributed by atoms with E-state index < -0.39 is 0 Å². The third kappa shape index (κ3) is 2.56. The summed E-state index contributed by atoms with van der Waals surface area (Å²) in [5.74, 6) is 0.408. The van der Waals surface area contributed by atoms with E-state index in [9.17, 15) is 9.59 Å². The molecule has 3 aromatic rings. The number of carbonyl (C=O) groups excluding carboxylic acids is 1. The fraction of sp³-hybridized carbons (Fsp3) is 0.150. The number of halogens is 1. The van der Waals surface area contributed by atoms with Crippen molar-refractivity contribution in [1.82, 2.24) is 9.55 Å². The minimum absolute atomic E-state index is 0.0642. The molecule has 0 radical (unpaired) electrons. The molecule has 26 heavy (non-hydrogen) atoms. The summed E-state index contributed by atoms with van der Waals surface area (Å²) >= 11 is 2.18. The van der Waals surface area contributed by atoms with Crippen molar-refractivity contribution < 1.29 is 4.79 Å². The molecule has 4 rings (SSSR count). The van der Waals surface area contributed by atoms with Gasteiger partial charge in [-0.2, -0.15) is 0 Å². The highest BCUT2D eigenvalue weighted by atomic mass is 127. The Morgan fingerprint density at radius 2 is 1.92 bits per heavy atom.